The van der Waals surface area contributed by atoms with E-state index < -0.39 is 0 Å². The van der Waals surface area contributed by atoms with Crippen molar-refractivity contribution in [3.63, 3.8) is 0 Å². The number of hydrogen-bond donors (Lipinski definition) is 2. The molecular weight excluding hydrogens is 522 g/mol. The number of anilines is 2. The molecule has 0 bridgehead atoms. The zero-order valence-corrected chi connectivity index (χ0v) is 22.4. The van der Waals surface area contributed by atoms with Crippen molar-refractivity contribution >= 4 is 57.2 Å². The van der Waals surface area contributed by atoms with Crippen molar-refractivity contribution < 1.29 is 9.59 Å². The molecule has 8 heteroatoms. The summed E-state index contributed by atoms with van der Waals surface area (Å²) in [6.07, 6.45) is 0.837. The monoisotopic (exact) mass is 545 g/mol. The smallest absolute Gasteiger partial charge is 0.238 e. The number of benzene rings is 3. The first-order valence-corrected chi connectivity index (χ1v) is 13.8. The second kappa shape index (κ2) is 12.6. The van der Waals surface area contributed by atoms with Crippen LogP contribution in [-0.4, -0.2) is 17.1 Å². The Hall–Kier alpha value is -3.57. The number of rotatable bonds is 9. The maximum atomic E-state index is 13.1. The van der Waals surface area contributed by atoms with E-state index in [0.717, 1.165) is 21.6 Å². The molecule has 0 aliphatic carbocycles. The largest absolute Gasteiger partial charge is 0.326 e. The fourth-order valence-electron chi connectivity index (χ4n) is 3.71. The molecule has 2 amide bonds. The molecule has 4 aromatic rings. The first kappa shape index (κ1) is 26.5. The zero-order valence-electron chi connectivity index (χ0n) is 20.0. The minimum Gasteiger partial charge on any atom is -0.326 e. The van der Waals surface area contributed by atoms with Gasteiger partial charge in [-0.2, -0.15) is 5.26 Å². The van der Waals surface area contributed by atoms with E-state index in [9.17, 15) is 14.9 Å². The lowest BCUT2D eigenvalue weighted by molar-refractivity contribution is -0.116. The summed E-state index contributed by atoms with van der Waals surface area (Å²) >= 11 is 8.69. The quantitative estimate of drug-likeness (QED) is 0.212. The van der Waals surface area contributed by atoms with Crippen LogP contribution in [0, 0.1) is 11.3 Å². The highest BCUT2D eigenvalue weighted by Gasteiger charge is 2.22. The summed E-state index contributed by atoms with van der Waals surface area (Å²) in [5.41, 5.74) is 3.75. The fraction of sp³-hybridized carbons (Fsp3) is 0.138. The number of nitriles is 1. The molecule has 0 saturated heterocycles. The number of carbonyl (C=O) groups excluding carboxylic acids is 2. The van der Waals surface area contributed by atoms with E-state index in [0.29, 0.717) is 27.7 Å². The molecule has 186 valence electrons. The molecule has 1 unspecified atom stereocenters. The van der Waals surface area contributed by atoms with Crippen LogP contribution in [0.2, 0.25) is 5.02 Å². The van der Waals surface area contributed by atoms with Crippen LogP contribution < -0.4 is 10.6 Å². The molecule has 1 aromatic heterocycles. The number of thiophene rings is 1. The SMILES string of the molecule is CCC(Sc1cccc(NC(=O)Cc2ccc(Cl)cc2)c1)C(=O)Nc1scc(-c2ccccc2)c1C#N. The first-order chi connectivity index (χ1) is 18.0. The van der Waals surface area contributed by atoms with E-state index in [4.69, 9.17) is 11.6 Å². The van der Waals surface area contributed by atoms with Crippen LogP contribution in [0.5, 0.6) is 0 Å². The molecule has 1 heterocycles. The third-order valence-electron chi connectivity index (χ3n) is 5.56. The molecule has 0 saturated carbocycles. The van der Waals surface area contributed by atoms with Crippen LogP contribution in [-0.2, 0) is 16.0 Å². The average Bonchev–Trinajstić information content (AvgIpc) is 3.31. The van der Waals surface area contributed by atoms with Gasteiger partial charge in [0, 0.05) is 26.5 Å². The van der Waals surface area contributed by atoms with Crippen molar-refractivity contribution in [3.8, 4) is 17.2 Å². The number of hydrogen-bond acceptors (Lipinski definition) is 5. The normalized spacial score (nSPS) is 11.4. The van der Waals surface area contributed by atoms with Gasteiger partial charge in [0.25, 0.3) is 0 Å². The Bertz CT molecular complexity index is 1430. The van der Waals surface area contributed by atoms with Crippen LogP contribution in [0.4, 0.5) is 10.7 Å². The predicted octanol–water partition coefficient (Wildman–Crippen LogP) is 7.63. The molecule has 5 nitrogen and oxygen atoms in total. The van der Waals surface area contributed by atoms with Crippen molar-refractivity contribution in [1.82, 2.24) is 0 Å². The van der Waals surface area contributed by atoms with E-state index >= 15 is 0 Å². The van der Waals surface area contributed by atoms with Gasteiger partial charge < -0.3 is 10.6 Å². The Morgan fingerprint density at radius 2 is 1.78 bits per heavy atom. The van der Waals surface area contributed by atoms with Gasteiger partial charge in [-0.15, -0.1) is 23.1 Å². The van der Waals surface area contributed by atoms with E-state index in [-0.39, 0.29) is 23.5 Å². The summed E-state index contributed by atoms with van der Waals surface area (Å²) in [5, 5.41) is 18.3. The lowest BCUT2D eigenvalue weighted by Crippen LogP contribution is -2.24. The third-order valence-corrected chi connectivity index (χ3v) is 8.07. The van der Waals surface area contributed by atoms with Gasteiger partial charge in [-0.3, -0.25) is 9.59 Å². The number of thioether (sulfide) groups is 1. The van der Waals surface area contributed by atoms with Crippen molar-refractivity contribution in [2.45, 2.75) is 29.9 Å². The maximum Gasteiger partial charge on any atom is 0.238 e. The molecular formula is C29H24ClN3O2S2. The zero-order chi connectivity index (χ0) is 26.2. The topological polar surface area (TPSA) is 82.0 Å². The number of carbonyl (C=O) groups is 2. The minimum absolute atomic E-state index is 0.134. The molecule has 2 N–H and O–H groups in total. The third kappa shape index (κ3) is 7.01. The maximum absolute atomic E-state index is 13.1. The van der Waals surface area contributed by atoms with Crippen molar-refractivity contribution in [2.24, 2.45) is 0 Å². The summed E-state index contributed by atoms with van der Waals surface area (Å²) in [6.45, 7) is 1.95. The molecule has 1 atom stereocenters. The highest BCUT2D eigenvalue weighted by Crippen LogP contribution is 2.36. The van der Waals surface area contributed by atoms with Crippen molar-refractivity contribution in [2.75, 3.05) is 10.6 Å². The Labute approximate surface area is 229 Å². The molecule has 0 radical (unpaired) electrons. The van der Waals surface area contributed by atoms with E-state index in [2.05, 4.69) is 16.7 Å². The van der Waals surface area contributed by atoms with E-state index in [1.165, 1.54) is 23.1 Å². The van der Waals surface area contributed by atoms with Crippen molar-refractivity contribution in [3.05, 3.63) is 100 Å². The predicted molar refractivity (Wildman–Crippen MR) is 153 cm³/mol. The molecule has 3 aromatic carbocycles. The van der Waals surface area contributed by atoms with Crippen LogP contribution in [0.1, 0.15) is 24.5 Å². The van der Waals surface area contributed by atoms with E-state index in [1.54, 1.807) is 12.1 Å². The van der Waals surface area contributed by atoms with Gasteiger partial charge in [0.05, 0.1) is 17.2 Å². The molecule has 0 fully saturated rings. The Morgan fingerprint density at radius 3 is 2.49 bits per heavy atom. The number of amides is 2. The second-order valence-corrected chi connectivity index (χ2v) is 10.8. The Balaban J connectivity index is 1.41. The van der Waals surface area contributed by atoms with Gasteiger partial charge in [0.2, 0.25) is 11.8 Å². The summed E-state index contributed by atoms with van der Waals surface area (Å²) in [7, 11) is 0. The Kier molecular flexibility index (Phi) is 9.02. The summed E-state index contributed by atoms with van der Waals surface area (Å²) < 4.78 is 0. The Morgan fingerprint density at radius 1 is 1.03 bits per heavy atom. The van der Waals surface area contributed by atoms with Crippen LogP contribution >= 0.6 is 34.7 Å². The van der Waals surface area contributed by atoms with Gasteiger partial charge in [-0.1, -0.05) is 67.1 Å². The minimum atomic E-state index is -0.367. The number of nitrogens with zero attached hydrogens (tertiary/aromatic N) is 1. The van der Waals surface area contributed by atoms with Gasteiger partial charge in [0.15, 0.2) is 0 Å². The lowest BCUT2D eigenvalue weighted by Gasteiger charge is -2.15. The van der Waals surface area contributed by atoms with Crippen LogP contribution in [0.25, 0.3) is 11.1 Å². The highest BCUT2D eigenvalue weighted by atomic mass is 35.5. The van der Waals surface area contributed by atoms with Gasteiger partial charge in [0.1, 0.15) is 11.1 Å². The van der Waals surface area contributed by atoms with Gasteiger partial charge in [-0.05, 0) is 47.9 Å². The molecule has 0 aliphatic rings. The summed E-state index contributed by atoms with van der Waals surface area (Å²) in [4.78, 5) is 26.5. The number of halogens is 1. The van der Waals surface area contributed by atoms with Crippen molar-refractivity contribution in [1.29, 1.82) is 5.26 Å². The second-order valence-electron chi connectivity index (χ2n) is 8.21. The van der Waals surface area contributed by atoms with Gasteiger partial charge >= 0.3 is 0 Å². The standard InChI is InChI=1S/C29H24ClN3O2S2/c1-2-26(28(35)33-29-24(17-31)25(18-36-29)20-7-4-3-5-8-20)37-23-10-6-9-22(16-23)32-27(34)15-19-11-13-21(30)14-12-19/h3-14,16,18,26H,2,15H2,1H3,(H,32,34)(H,33,35). The highest BCUT2D eigenvalue weighted by molar-refractivity contribution is 8.00. The molecule has 4 rings (SSSR count). The average molecular weight is 546 g/mol. The fourth-order valence-corrected chi connectivity index (χ4v) is 5.77. The number of nitrogens with one attached hydrogen (secondary N) is 2. The van der Waals surface area contributed by atoms with E-state index in [1.807, 2.05) is 79.0 Å². The molecule has 0 aliphatic heterocycles. The molecule has 37 heavy (non-hydrogen) atoms. The lowest BCUT2D eigenvalue weighted by atomic mass is 10.1. The molecule has 0 spiro atoms. The van der Waals surface area contributed by atoms with Crippen LogP contribution in [0.15, 0.2) is 89.1 Å². The van der Waals surface area contributed by atoms with Crippen LogP contribution in [0.3, 0.4) is 0 Å². The van der Waals surface area contributed by atoms with Gasteiger partial charge in [-0.25, -0.2) is 0 Å². The summed E-state index contributed by atoms with van der Waals surface area (Å²) in [5.74, 6) is -0.298. The first-order valence-electron chi connectivity index (χ1n) is 11.7. The summed E-state index contributed by atoms with van der Waals surface area (Å²) in [6, 6.07) is 26.5.